The van der Waals surface area contributed by atoms with Crippen molar-refractivity contribution in [3.8, 4) is 0 Å². The molecular formula is C20H19F2N5O. The minimum absolute atomic E-state index is 0.0245. The molecule has 1 aromatic carbocycles. The van der Waals surface area contributed by atoms with E-state index in [0.29, 0.717) is 18.7 Å². The standard InChI is InChI=1S/C20H19F2N5O/c1-13-11-18(19(28)27(2)10-7-14-5-8-23-9-6-14)26-20(24-13)25-17-4-3-15(21)12-16(17)22/h3-6,8-9,11-12H,7,10H2,1-2H3,(H,24,25,26). The lowest BCUT2D eigenvalue weighted by Gasteiger charge is -2.17. The molecule has 1 N–H and O–H groups in total. The maximum atomic E-state index is 13.8. The van der Waals surface area contributed by atoms with E-state index in [-0.39, 0.29) is 23.2 Å². The van der Waals surface area contributed by atoms with E-state index in [1.165, 1.54) is 6.07 Å². The van der Waals surface area contributed by atoms with Crippen LogP contribution in [0.15, 0.2) is 48.8 Å². The first-order chi connectivity index (χ1) is 13.4. The predicted octanol–water partition coefficient (Wildman–Crippen LogP) is 3.52. The van der Waals surface area contributed by atoms with Crippen LogP contribution in [0, 0.1) is 18.6 Å². The van der Waals surface area contributed by atoms with Crippen molar-refractivity contribution < 1.29 is 13.6 Å². The molecule has 0 saturated heterocycles. The predicted molar refractivity (Wildman–Crippen MR) is 101 cm³/mol. The Bertz CT molecular complexity index is 982. The maximum absolute atomic E-state index is 13.8. The summed E-state index contributed by atoms with van der Waals surface area (Å²) in [6, 6.07) is 8.49. The van der Waals surface area contributed by atoms with Crippen LogP contribution >= 0.6 is 0 Å². The fourth-order valence-corrected chi connectivity index (χ4v) is 2.59. The summed E-state index contributed by atoms with van der Waals surface area (Å²) < 4.78 is 26.9. The number of carbonyl (C=O) groups excluding carboxylic acids is 1. The Balaban J connectivity index is 1.73. The quantitative estimate of drug-likeness (QED) is 0.705. The average Bonchev–Trinajstić information content (AvgIpc) is 2.68. The molecule has 6 nitrogen and oxygen atoms in total. The highest BCUT2D eigenvalue weighted by Gasteiger charge is 2.16. The van der Waals surface area contributed by atoms with Gasteiger partial charge in [-0.05, 0) is 49.2 Å². The fraction of sp³-hybridized carbons (Fsp3) is 0.200. The van der Waals surface area contributed by atoms with Crippen LogP contribution in [0.5, 0.6) is 0 Å². The Morgan fingerprint density at radius 3 is 2.57 bits per heavy atom. The van der Waals surface area contributed by atoms with Crippen LogP contribution in [-0.2, 0) is 6.42 Å². The topological polar surface area (TPSA) is 71.0 Å². The van der Waals surface area contributed by atoms with Crippen molar-refractivity contribution in [2.75, 3.05) is 18.9 Å². The molecule has 3 rings (SSSR count). The third-order valence-electron chi connectivity index (χ3n) is 4.08. The summed E-state index contributed by atoms with van der Waals surface area (Å²) in [6.07, 6.45) is 4.09. The Kier molecular flexibility index (Phi) is 5.88. The van der Waals surface area contributed by atoms with Crippen LogP contribution in [0.1, 0.15) is 21.7 Å². The zero-order chi connectivity index (χ0) is 20.1. The van der Waals surface area contributed by atoms with Crippen molar-refractivity contribution in [1.29, 1.82) is 0 Å². The number of nitrogens with one attached hydrogen (secondary N) is 1. The third-order valence-corrected chi connectivity index (χ3v) is 4.08. The molecule has 3 aromatic rings. The second-order valence-electron chi connectivity index (χ2n) is 6.30. The molecule has 0 aliphatic rings. The highest BCUT2D eigenvalue weighted by molar-refractivity contribution is 5.92. The molecule has 0 spiro atoms. The lowest BCUT2D eigenvalue weighted by atomic mass is 10.2. The number of benzene rings is 1. The van der Waals surface area contributed by atoms with Gasteiger partial charge in [0, 0.05) is 37.7 Å². The van der Waals surface area contributed by atoms with Gasteiger partial charge in [0.15, 0.2) is 0 Å². The van der Waals surface area contributed by atoms with E-state index in [4.69, 9.17) is 0 Å². The summed E-state index contributed by atoms with van der Waals surface area (Å²) in [5.74, 6) is -1.66. The van der Waals surface area contributed by atoms with E-state index in [9.17, 15) is 13.6 Å². The number of aryl methyl sites for hydroxylation is 1. The monoisotopic (exact) mass is 383 g/mol. The number of hydrogen-bond donors (Lipinski definition) is 1. The zero-order valence-corrected chi connectivity index (χ0v) is 15.5. The molecular weight excluding hydrogens is 364 g/mol. The molecule has 0 fully saturated rings. The van der Waals surface area contributed by atoms with Crippen molar-refractivity contribution in [3.63, 3.8) is 0 Å². The largest absolute Gasteiger partial charge is 0.340 e. The summed E-state index contributed by atoms with van der Waals surface area (Å²) in [6.45, 7) is 2.21. The molecule has 144 valence electrons. The van der Waals surface area contributed by atoms with E-state index in [1.54, 1.807) is 37.3 Å². The Morgan fingerprint density at radius 1 is 1.11 bits per heavy atom. The van der Waals surface area contributed by atoms with Gasteiger partial charge in [-0.25, -0.2) is 18.7 Å². The van der Waals surface area contributed by atoms with Gasteiger partial charge in [-0.3, -0.25) is 9.78 Å². The normalized spacial score (nSPS) is 10.6. The summed E-state index contributed by atoms with van der Waals surface area (Å²) >= 11 is 0. The van der Waals surface area contributed by atoms with Gasteiger partial charge in [0.1, 0.15) is 17.3 Å². The summed E-state index contributed by atoms with van der Waals surface area (Å²) in [4.78, 5) is 26.6. The minimum atomic E-state index is -0.771. The van der Waals surface area contributed by atoms with E-state index in [1.807, 2.05) is 12.1 Å². The molecule has 0 unspecified atom stereocenters. The smallest absolute Gasteiger partial charge is 0.272 e. The van der Waals surface area contributed by atoms with Crippen LogP contribution in [-0.4, -0.2) is 39.4 Å². The van der Waals surface area contributed by atoms with Crippen LogP contribution in [0.25, 0.3) is 0 Å². The lowest BCUT2D eigenvalue weighted by Crippen LogP contribution is -2.30. The number of pyridine rings is 1. The molecule has 0 atom stereocenters. The van der Waals surface area contributed by atoms with E-state index in [0.717, 1.165) is 17.7 Å². The van der Waals surface area contributed by atoms with Crippen molar-refractivity contribution in [1.82, 2.24) is 19.9 Å². The van der Waals surface area contributed by atoms with Gasteiger partial charge in [-0.2, -0.15) is 0 Å². The number of aromatic nitrogens is 3. The van der Waals surface area contributed by atoms with Crippen molar-refractivity contribution in [3.05, 3.63) is 77.4 Å². The first-order valence-electron chi connectivity index (χ1n) is 8.64. The highest BCUT2D eigenvalue weighted by Crippen LogP contribution is 2.19. The van der Waals surface area contributed by atoms with Gasteiger partial charge in [0.25, 0.3) is 5.91 Å². The number of anilines is 2. The van der Waals surface area contributed by atoms with Crippen molar-refractivity contribution >= 4 is 17.5 Å². The maximum Gasteiger partial charge on any atom is 0.272 e. The molecule has 2 aromatic heterocycles. The SMILES string of the molecule is Cc1cc(C(=O)N(C)CCc2ccncc2)nc(Nc2ccc(F)cc2F)n1. The van der Waals surface area contributed by atoms with Gasteiger partial charge < -0.3 is 10.2 Å². The molecule has 0 saturated carbocycles. The van der Waals surface area contributed by atoms with Crippen LogP contribution in [0.4, 0.5) is 20.4 Å². The third kappa shape index (κ3) is 4.85. The van der Waals surface area contributed by atoms with Crippen LogP contribution in [0.2, 0.25) is 0 Å². The van der Waals surface area contributed by atoms with Gasteiger partial charge >= 0.3 is 0 Å². The summed E-state index contributed by atoms with van der Waals surface area (Å²) in [5, 5.41) is 2.69. The van der Waals surface area contributed by atoms with Gasteiger partial charge in [-0.1, -0.05) is 0 Å². The first kappa shape index (κ1) is 19.3. The zero-order valence-electron chi connectivity index (χ0n) is 15.5. The van der Waals surface area contributed by atoms with Gasteiger partial charge in [0.05, 0.1) is 5.69 Å². The van der Waals surface area contributed by atoms with E-state index < -0.39 is 11.6 Å². The molecule has 28 heavy (non-hydrogen) atoms. The molecule has 0 aliphatic heterocycles. The molecule has 2 heterocycles. The molecule has 0 bridgehead atoms. The second kappa shape index (κ2) is 8.51. The fourth-order valence-electron chi connectivity index (χ4n) is 2.59. The Hall–Kier alpha value is -3.42. The highest BCUT2D eigenvalue weighted by atomic mass is 19.1. The Labute approximate surface area is 161 Å². The van der Waals surface area contributed by atoms with E-state index >= 15 is 0 Å². The number of likely N-dealkylation sites (N-methyl/N-ethyl adjacent to an activating group) is 1. The molecule has 0 aliphatic carbocycles. The van der Waals surface area contributed by atoms with Gasteiger partial charge in [-0.15, -0.1) is 0 Å². The Morgan fingerprint density at radius 2 is 1.86 bits per heavy atom. The van der Waals surface area contributed by atoms with E-state index in [2.05, 4.69) is 20.3 Å². The number of nitrogens with zero attached hydrogens (tertiary/aromatic N) is 4. The summed E-state index contributed by atoms with van der Waals surface area (Å²) in [5.41, 5.74) is 1.83. The number of rotatable bonds is 6. The summed E-state index contributed by atoms with van der Waals surface area (Å²) in [7, 11) is 1.69. The molecule has 1 amide bonds. The minimum Gasteiger partial charge on any atom is -0.340 e. The molecule has 8 heteroatoms. The molecule has 0 radical (unpaired) electrons. The van der Waals surface area contributed by atoms with Crippen LogP contribution < -0.4 is 5.32 Å². The van der Waals surface area contributed by atoms with Crippen molar-refractivity contribution in [2.24, 2.45) is 0 Å². The van der Waals surface area contributed by atoms with Gasteiger partial charge in [0.2, 0.25) is 5.95 Å². The number of carbonyl (C=O) groups is 1. The lowest BCUT2D eigenvalue weighted by molar-refractivity contribution is 0.0790. The number of halogens is 2. The first-order valence-corrected chi connectivity index (χ1v) is 8.64. The number of hydrogen-bond acceptors (Lipinski definition) is 5. The van der Waals surface area contributed by atoms with Crippen LogP contribution in [0.3, 0.4) is 0 Å². The second-order valence-corrected chi connectivity index (χ2v) is 6.30. The average molecular weight is 383 g/mol. The van der Waals surface area contributed by atoms with Crippen molar-refractivity contribution in [2.45, 2.75) is 13.3 Å². The number of amides is 1.